The van der Waals surface area contributed by atoms with Crippen molar-refractivity contribution in [2.45, 2.75) is 50.4 Å². The average Bonchev–Trinajstić information content (AvgIpc) is 2.82. The summed E-state index contributed by atoms with van der Waals surface area (Å²) in [4.78, 5) is 25.7. The Morgan fingerprint density at radius 1 is 1.08 bits per heavy atom. The van der Waals surface area contributed by atoms with Crippen LogP contribution in [-0.4, -0.2) is 47.9 Å². The molecular formula is C18H26N4O2. The SMILES string of the molecule is NCC(=O)NCC(=O)NC1CC2CCC(C1)N2Cc1ccccc1. The molecule has 0 aliphatic carbocycles. The van der Waals surface area contributed by atoms with E-state index >= 15 is 0 Å². The molecule has 6 nitrogen and oxygen atoms in total. The van der Waals surface area contributed by atoms with E-state index in [4.69, 9.17) is 5.73 Å². The Morgan fingerprint density at radius 2 is 1.75 bits per heavy atom. The first-order valence-corrected chi connectivity index (χ1v) is 8.71. The summed E-state index contributed by atoms with van der Waals surface area (Å²) >= 11 is 0. The summed E-state index contributed by atoms with van der Waals surface area (Å²) in [6.07, 6.45) is 4.38. The molecule has 2 aliphatic rings. The molecule has 2 atom stereocenters. The number of nitrogens with one attached hydrogen (secondary N) is 2. The molecule has 2 fully saturated rings. The molecule has 0 spiro atoms. The van der Waals surface area contributed by atoms with E-state index in [1.54, 1.807) is 0 Å². The summed E-state index contributed by atoms with van der Waals surface area (Å²) in [5.74, 6) is -0.430. The number of piperidine rings is 1. The molecule has 0 saturated carbocycles. The van der Waals surface area contributed by atoms with Gasteiger partial charge in [0.1, 0.15) is 0 Å². The maximum atomic E-state index is 12.0. The smallest absolute Gasteiger partial charge is 0.239 e. The van der Waals surface area contributed by atoms with E-state index < -0.39 is 0 Å². The maximum Gasteiger partial charge on any atom is 0.239 e. The first kappa shape index (κ1) is 16.9. The zero-order valence-electron chi connectivity index (χ0n) is 13.9. The molecule has 2 heterocycles. The number of amides is 2. The lowest BCUT2D eigenvalue weighted by Gasteiger charge is -2.39. The zero-order chi connectivity index (χ0) is 16.9. The van der Waals surface area contributed by atoms with E-state index in [1.807, 2.05) is 6.07 Å². The standard InChI is InChI=1S/C18H26N4O2/c19-10-17(23)20-11-18(24)21-14-8-15-6-7-16(9-14)22(15)12-13-4-2-1-3-5-13/h1-5,14-16H,6-12,19H2,(H,20,23)(H,21,24). The highest BCUT2D eigenvalue weighted by Crippen LogP contribution is 2.36. The van der Waals surface area contributed by atoms with Crippen LogP contribution in [0, 0.1) is 0 Å². The van der Waals surface area contributed by atoms with Crippen LogP contribution in [0.15, 0.2) is 30.3 Å². The Morgan fingerprint density at radius 3 is 2.38 bits per heavy atom. The van der Waals surface area contributed by atoms with E-state index in [2.05, 4.69) is 39.8 Å². The minimum Gasteiger partial charge on any atom is -0.352 e. The molecule has 1 aromatic rings. The van der Waals surface area contributed by atoms with Crippen molar-refractivity contribution in [3.8, 4) is 0 Å². The number of fused-ring (bicyclic) bond motifs is 2. The summed E-state index contributed by atoms with van der Waals surface area (Å²) < 4.78 is 0. The first-order chi connectivity index (χ1) is 11.7. The van der Waals surface area contributed by atoms with Crippen LogP contribution in [-0.2, 0) is 16.1 Å². The molecule has 2 aliphatic heterocycles. The molecule has 3 rings (SSSR count). The van der Waals surface area contributed by atoms with Gasteiger partial charge in [-0.05, 0) is 31.2 Å². The van der Waals surface area contributed by atoms with Crippen molar-refractivity contribution in [3.05, 3.63) is 35.9 Å². The third kappa shape index (κ3) is 4.13. The van der Waals surface area contributed by atoms with Gasteiger partial charge in [0.25, 0.3) is 0 Å². The molecule has 2 unspecified atom stereocenters. The Hall–Kier alpha value is -1.92. The molecular weight excluding hydrogens is 304 g/mol. The van der Waals surface area contributed by atoms with E-state index in [-0.39, 0.29) is 30.9 Å². The molecule has 2 bridgehead atoms. The zero-order valence-corrected chi connectivity index (χ0v) is 13.9. The highest BCUT2D eigenvalue weighted by molar-refractivity contribution is 5.85. The molecule has 24 heavy (non-hydrogen) atoms. The number of carbonyl (C=O) groups is 2. The second kappa shape index (κ2) is 7.77. The van der Waals surface area contributed by atoms with Gasteiger partial charge in [0.15, 0.2) is 0 Å². The van der Waals surface area contributed by atoms with E-state index in [1.165, 1.54) is 18.4 Å². The van der Waals surface area contributed by atoms with E-state index in [9.17, 15) is 9.59 Å². The quantitative estimate of drug-likeness (QED) is 0.703. The highest BCUT2D eigenvalue weighted by atomic mass is 16.2. The Bertz CT molecular complexity index is 564. The van der Waals surface area contributed by atoms with Crippen LogP contribution in [0.25, 0.3) is 0 Å². The molecule has 0 radical (unpaired) electrons. The van der Waals surface area contributed by atoms with Gasteiger partial charge >= 0.3 is 0 Å². The third-order valence-electron chi connectivity index (χ3n) is 5.09. The van der Waals surface area contributed by atoms with Crippen molar-refractivity contribution in [2.75, 3.05) is 13.1 Å². The summed E-state index contributed by atoms with van der Waals surface area (Å²) in [5, 5.41) is 5.58. The van der Waals surface area contributed by atoms with Gasteiger partial charge in [-0.3, -0.25) is 14.5 Å². The van der Waals surface area contributed by atoms with Crippen LogP contribution in [0.5, 0.6) is 0 Å². The van der Waals surface area contributed by atoms with E-state index in [0.717, 1.165) is 19.4 Å². The van der Waals surface area contributed by atoms with Gasteiger partial charge in [0.05, 0.1) is 13.1 Å². The lowest BCUT2D eigenvalue weighted by molar-refractivity contribution is -0.126. The Kier molecular flexibility index (Phi) is 5.48. The van der Waals surface area contributed by atoms with Crippen LogP contribution in [0.1, 0.15) is 31.2 Å². The number of rotatable bonds is 6. The van der Waals surface area contributed by atoms with Gasteiger partial charge in [-0.2, -0.15) is 0 Å². The number of nitrogens with zero attached hydrogens (tertiary/aromatic N) is 1. The van der Waals surface area contributed by atoms with Crippen LogP contribution >= 0.6 is 0 Å². The summed E-state index contributed by atoms with van der Waals surface area (Å²) in [5.41, 5.74) is 6.56. The minimum absolute atomic E-state index is 0.00952. The molecule has 2 saturated heterocycles. The predicted molar refractivity (Wildman–Crippen MR) is 92.0 cm³/mol. The third-order valence-corrected chi connectivity index (χ3v) is 5.09. The topological polar surface area (TPSA) is 87.5 Å². The second-order valence-corrected chi connectivity index (χ2v) is 6.76. The Labute approximate surface area is 142 Å². The fourth-order valence-electron chi connectivity index (χ4n) is 3.97. The van der Waals surface area contributed by atoms with Crippen LogP contribution < -0.4 is 16.4 Å². The normalized spacial score (nSPS) is 26.1. The number of carbonyl (C=O) groups excluding carboxylic acids is 2. The molecule has 0 aromatic heterocycles. The van der Waals surface area contributed by atoms with Crippen molar-refractivity contribution >= 4 is 11.8 Å². The maximum absolute atomic E-state index is 12.0. The van der Waals surface area contributed by atoms with Gasteiger partial charge in [0, 0.05) is 24.7 Å². The van der Waals surface area contributed by atoms with Gasteiger partial charge < -0.3 is 16.4 Å². The number of hydrogen-bond donors (Lipinski definition) is 3. The fourth-order valence-corrected chi connectivity index (χ4v) is 3.97. The first-order valence-electron chi connectivity index (χ1n) is 8.71. The van der Waals surface area contributed by atoms with Crippen LogP contribution in [0.2, 0.25) is 0 Å². The lowest BCUT2D eigenvalue weighted by Crippen LogP contribution is -2.51. The number of hydrogen-bond acceptors (Lipinski definition) is 4. The van der Waals surface area contributed by atoms with Crippen LogP contribution in [0.4, 0.5) is 0 Å². The van der Waals surface area contributed by atoms with Crippen molar-refractivity contribution < 1.29 is 9.59 Å². The molecule has 130 valence electrons. The lowest BCUT2D eigenvalue weighted by atomic mass is 9.96. The van der Waals surface area contributed by atoms with Crippen molar-refractivity contribution in [2.24, 2.45) is 5.73 Å². The minimum atomic E-state index is -0.303. The fraction of sp³-hybridized carbons (Fsp3) is 0.556. The average molecular weight is 330 g/mol. The van der Waals surface area contributed by atoms with E-state index in [0.29, 0.717) is 12.1 Å². The summed E-state index contributed by atoms with van der Waals surface area (Å²) in [7, 11) is 0. The number of nitrogens with two attached hydrogens (primary N) is 1. The monoisotopic (exact) mass is 330 g/mol. The van der Waals surface area contributed by atoms with Gasteiger partial charge in [0.2, 0.25) is 11.8 Å². The van der Waals surface area contributed by atoms with Gasteiger partial charge in [-0.1, -0.05) is 30.3 Å². The van der Waals surface area contributed by atoms with Crippen molar-refractivity contribution in [3.63, 3.8) is 0 Å². The predicted octanol–water partition coefficient (Wildman–Crippen LogP) is 0.373. The van der Waals surface area contributed by atoms with Gasteiger partial charge in [-0.25, -0.2) is 0 Å². The second-order valence-electron chi connectivity index (χ2n) is 6.76. The summed E-state index contributed by atoms with van der Waals surface area (Å²) in [6.45, 7) is 0.911. The van der Waals surface area contributed by atoms with Crippen molar-refractivity contribution in [1.29, 1.82) is 0 Å². The molecule has 1 aromatic carbocycles. The molecule has 2 amide bonds. The summed E-state index contributed by atoms with van der Waals surface area (Å²) in [6, 6.07) is 11.8. The van der Waals surface area contributed by atoms with Crippen molar-refractivity contribution in [1.82, 2.24) is 15.5 Å². The Balaban J connectivity index is 1.50. The number of benzene rings is 1. The molecule has 6 heteroatoms. The molecule has 4 N–H and O–H groups in total. The largest absolute Gasteiger partial charge is 0.352 e. The van der Waals surface area contributed by atoms with Crippen LogP contribution in [0.3, 0.4) is 0 Å². The van der Waals surface area contributed by atoms with Gasteiger partial charge in [-0.15, -0.1) is 0 Å². The highest BCUT2D eigenvalue weighted by Gasteiger charge is 2.40.